The molecular weight excluding hydrogens is 416 g/mol. The fourth-order valence-electron chi connectivity index (χ4n) is 4.98. The summed E-state index contributed by atoms with van der Waals surface area (Å²) < 4.78 is 11.5. The van der Waals surface area contributed by atoms with Crippen LogP contribution in [-0.4, -0.2) is 42.1 Å². The summed E-state index contributed by atoms with van der Waals surface area (Å²) in [5, 5.41) is 8.90. The van der Waals surface area contributed by atoms with Crippen LogP contribution in [0.3, 0.4) is 0 Å². The summed E-state index contributed by atoms with van der Waals surface area (Å²) in [4.78, 5) is 26.7. The molecule has 5 rings (SSSR count). The van der Waals surface area contributed by atoms with Crippen LogP contribution in [0.4, 0.5) is 0 Å². The van der Waals surface area contributed by atoms with Gasteiger partial charge < -0.3 is 9.47 Å². The molecule has 2 aromatic carbocycles. The molecule has 0 unspecified atom stereocenters. The van der Waals surface area contributed by atoms with Crippen molar-refractivity contribution >= 4 is 11.8 Å². The molecule has 6 heteroatoms. The fraction of sp³-hybridized carbons (Fsp3) is 0.370. The number of likely N-dealkylation sites (tertiary alicyclic amines) is 1. The molecule has 3 aliphatic rings. The van der Waals surface area contributed by atoms with Gasteiger partial charge in [0, 0.05) is 6.54 Å². The van der Waals surface area contributed by atoms with E-state index in [2.05, 4.69) is 6.07 Å². The number of carbonyl (C=O) groups is 2. The van der Waals surface area contributed by atoms with Crippen LogP contribution in [0.1, 0.15) is 31.2 Å². The Bertz CT molecular complexity index is 1070. The third-order valence-electron chi connectivity index (χ3n) is 6.75. The zero-order valence-electron chi connectivity index (χ0n) is 18.4. The van der Waals surface area contributed by atoms with Crippen molar-refractivity contribution in [3.63, 3.8) is 0 Å². The number of hydrogen-bond donors (Lipinski definition) is 0. The first-order valence-corrected chi connectivity index (χ1v) is 11.6. The van der Waals surface area contributed by atoms with Crippen molar-refractivity contribution in [2.45, 2.75) is 37.9 Å². The van der Waals surface area contributed by atoms with Crippen LogP contribution < -0.4 is 4.74 Å². The lowest BCUT2D eigenvalue weighted by Gasteiger charge is -2.17. The molecule has 6 nitrogen and oxygen atoms in total. The van der Waals surface area contributed by atoms with Crippen molar-refractivity contribution in [2.24, 2.45) is 11.8 Å². The first-order valence-electron chi connectivity index (χ1n) is 11.6. The van der Waals surface area contributed by atoms with E-state index in [9.17, 15) is 9.59 Å². The summed E-state index contributed by atoms with van der Waals surface area (Å²) in [5.41, 5.74) is 2.80. The summed E-state index contributed by atoms with van der Waals surface area (Å²) in [7, 11) is 0. The third kappa shape index (κ3) is 4.17. The van der Waals surface area contributed by atoms with Crippen molar-refractivity contribution in [1.29, 1.82) is 5.26 Å². The van der Waals surface area contributed by atoms with Crippen molar-refractivity contribution in [3.8, 4) is 22.9 Å². The van der Waals surface area contributed by atoms with Crippen LogP contribution in [0.5, 0.6) is 5.75 Å². The van der Waals surface area contributed by atoms with Gasteiger partial charge in [-0.15, -0.1) is 0 Å². The normalized spacial score (nSPS) is 24.9. The second kappa shape index (κ2) is 9.21. The highest BCUT2D eigenvalue weighted by Crippen LogP contribution is 2.45. The number of nitrogens with zero attached hydrogens (tertiary/aromatic N) is 2. The van der Waals surface area contributed by atoms with Crippen LogP contribution in [-0.2, 0) is 14.3 Å². The molecule has 2 fully saturated rings. The topological polar surface area (TPSA) is 79.6 Å². The molecule has 2 aromatic rings. The zero-order chi connectivity index (χ0) is 22.8. The Kier molecular flexibility index (Phi) is 5.97. The lowest BCUT2D eigenvalue weighted by atomic mass is 9.85. The largest absolute Gasteiger partial charge is 0.494 e. The van der Waals surface area contributed by atoms with E-state index in [1.807, 2.05) is 60.7 Å². The van der Waals surface area contributed by atoms with Crippen LogP contribution >= 0.6 is 0 Å². The predicted octanol–water partition coefficient (Wildman–Crippen LogP) is 4.10. The number of ether oxygens (including phenoxy) is 2. The van der Waals surface area contributed by atoms with Crippen LogP contribution in [0.2, 0.25) is 0 Å². The molecular formula is C27H26N2O4. The lowest BCUT2D eigenvalue weighted by molar-refractivity contribution is -0.142. The molecule has 0 saturated carbocycles. The second-order valence-corrected chi connectivity index (χ2v) is 8.81. The summed E-state index contributed by atoms with van der Waals surface area (Å²) in [6.45, 7) is 1.13. The third-order valence-corrected chi connectivity index (χ3v) is 6.75. The first kappa shape index (κ1) is 21.4. The Labute approximate surface area is 193 Å². The van der Waals surface area contributed by atoms with Gasteiger partial charge in [-0.3, -0.25) is 14.5 Å². The number of rotatable bonds is 9. The van der Waals surface area contributed by atoms with Crippen LogP contribution in [0.25, 0.3) is 11.1 Å². The van der Waals surface area contributed by atoms with Gasteiger partial charge >= 0.3 is 0 Å². The van der Waals surface area contributed by atoms with Gasteiger partial charge in [0.15, 0.2) is 0 Å². The minimum atomic E-state index is -0.302. The van der Waals surface area contributed by atoms with Gasteiger partial charge in [-0.05, 0) is 48.2 Å². The van der Waals surface area contributed by atoms with E-state index in [1.165, 1.54) is 4.90 Å². The molecule has 0 radical (unpaired) electrons. The van der Waals surface area contributed by atoms with Crippen molar-refractivity contribution in [3.05, 3.63) is 66.2 Å². The van der Waals surface area contributed by atoms with Gasteiger partial charge in [-0.1, -0.05) is 49.3 Å². The Hall–Kier alpha value is -3.43. The molecule has 3 heterocycles. The van der Waals surface area contributed by atoms with Crippen LogP contribution in [0, 0.1) is 23.2 Å². The number of amides is 2. The maximum atomic E-state index is 12.6. The molecule has 0 N–H and O–H groups in total. The smallest absolute Gasteiger partial charge is 0.236 e. The second-order valence-electron chi connectivity index (χ2n) is 8.81. The number of nitriles is 1. The first-order chi connectivity index (χ1) is 16.2. The van der Waals surface area contributed by atoms with Gasteiger partial charge in [0.1, 0.15) is 5.75 Å². The Morgan fingerprint density at radius 1 is 0.818 bits per heavy atom. The number of carbonyl (C=O) groups excluding carboxylic acids is 2. The summed E-state index contributed by atoms with van der Waals surface area (Å²) >= 11 is 0. The van der Waals surface area contributed by atoms with Crippen LogP contribution in [0.15, 0.2) is 60.7 Å². The van der Waals surface area contributed by atoms with E-state index >= 15 is 0 Å². The maximum Gasteiger partial charge on any atom is 0.236 e. The number of hydrogen-bond acceptors (Lipinski definition) is 5. The molecule has 33 heavy (non-hydrogen) atoms. The Morgan fingerprint density at radius 2 is 1.39 bits per heavy atom. The molecule has 2 saturated heterocycles. The van der Waals surface area contributed by atoms with E-state index in [4.69, 9.17) is 14.7 Å². The van der Waals surface area contributed by atoms with E-state index < -0.39 is 0 Å². The minimum absolute atomic E-state index is 0.0605. The van der Waals surface area contributed by atoms with E-state index in [-0.39, 0.29) is 35.9 Å². The van der Waals surface area contributed by atoms with Gasteiger partial charge in [-0.2, -0.15) is 5.26 Å². The van der Waals surface area contributed by atoms with E-state index in [0.29, 0.717) is 18.7 Å². The Morgan fingerprint density at radius 3 is 2.00 bits per heavy atom. The molecule has 2 bridgehead atoms. The number of unbranched alkanes of at least 4 members (excludes halogenated alkanes) is 3. The van der Waals surface area contributed by atoms with Gasteiger partial charge in [0.2, 0.25) is 11.8 Å². The SMILES string of the molecule is N#Cc1ccc(-c2ccc(OCCCCCCN3C(=O)[C@@H]4[C@H](C3=O)[C@H]3C=C[C@@H]4O3)cc2)cc1. The van der Waals surface area contributed by atoms with Gasteiger partial charge in [0.25, 0.3) is 0 Å². The summed E-state index contributed by atoms with van der Waals surface area (Å²) in [6.07, 6.45) is 7.10. The molecule has 0 aliphatic carbocycles. The Balaban J connectivity index is 0.998. The average molecular weight is 443 g/mol. The molecule has 4 atom stereocenters. The molecule has 0 spiro atoms. The zero-order valence-corrected chi connectivity index (χ0v) is 18.4. The number of fused-ring (bicyclic) bond motifs is 5. The van der Waals surface area contributed by atoms with Crippen molar-refractivity contribution in [2.75, 3.05) is 13.2 Å². The summed E-state index contributed by atoms with van der Waals surface area (Å²) in [5.74, 6) is 0.107. The molecule has 2 amide bonds. The van der Waals surface area contributed by atoms with Gasteiger partial charge in [0.05, 0.1) is 42.3 Å². The van der Waals surface area contributed by atoms with E-state index in [1.54, 1.807) is 0 Å². The molecule has 3 aliphatic heterocycles. The quantitative estimate of drug-likeness (QED) is 0.332. The predicted molar refractivity (Wildman–Crippen MR) is 122 cm³/mol. The highest BCUT2D eigenvalue weighted by molar-refractivity contribution is 6.06. The monoisotopic (exact) mass is 442 g/mol. The average Bonchev–Trinajstić information content (AvgIpc) is 3.53. The fourth-order valence-corrected chi connectivity index (χ4v) is 4.98. The highest BCUT2D eigenvalue weighted by Gasteiger charge is 2.60. The molecule has 168 valence electrons. The number of benzene rings is 2. The van der Waals surface area contributed by atoms with E-state index in [0.717, 1.165) is 42.6 Å². The van der Waals surface area contributed by atoms with Gasteiger partial charge in [-0.25, -0.2) is 0 Å². The maximum absolute atomic E-state index is 12.6. The summed E-state index contributed by atoms with van der Waals surface area (Å²) in [6, 6.07) is 17.6. The highest BCUT2D eigenvalue weighted by atomic mass is 16.5. The lowest BCUT2D eigenvalue weighted by Crippen LogP contribution is -2.35. The van der Waals surface area contributed by atoms with Crippen molar-refractivity contribution in [1.82, 2.24) is 4.90 Å². The minimum Gasteiger partial charge on any atom is -0.494 e. The van der Waals surface area contributed by atoms with Crippen molar-refractivity contribution < 1.29 is 19.1 Å². The number of imide groups is 1. The standard InChI is InChI=1S/C27H26N2O4/c28-17-18-5-7-19(8-6-18)20-9-11-21(12-10-20)32-16-4-2-1-3-15-29-26(30)24-22-13-14-23(33-22)25(24)27(29)31/h5-14,22-25H,1-4,15-16H2/t22-,23+,24-,25+. The molecule has 0 aromatic heterocycles.